The second-order valence-corrected chi connectivity index (χ2v) is 11.0. The maximum Gasteiger partial charge on any atom is 0.261 e. The lowest BCUT2D eigenvalue weighted by atomic mass is 9.95. The average molecular weight is 490 g/mol. The molecule has 0 bridgehead atoms. The summed E-state index contributed by atoms with van der Waals surface area (Å²) in [6.45, 7) is 3.54. The van der Waals surface area contributed by atoms with E-state index in [0.29, 0.717) is 5.69 Å². The zero-order valence-electron chi connectivity index (χ0n) is 19.2. The van der Waals surface area contributed by atoms with Crippen LogP contribution >= 0.6 is 11.8 Å². The van der Waals surface area contributed by atoms with E-state index in [1.807, 2.05) is 6.26 Å². The minimum Gasteiger partial charge on any atom is -0.349 e. The van der Waals surface area contributed by atoms with Gasteiger partial charge in [-0.25, -0.2) is 8.42 Å². The van der Waals surface area contributed by atoms with Crippen LogP contribution in [0.3, 0.4) is 0 Å². The Morgan fingerprint density at radius 1 is 1.00 bits per heavy atom. The summed E-state index contributed by atoms with van der Waals surface area (Å²) in [4.78, 5) is 25.8. The van der Waals surface area contributed by atoms with Crippen LogP contribution in [0.4, 0.5) is 11.4 Å². The molecule has 2 aromatic carbocycles. The number of amides is 2. The van der Waals surface area contributed by atoms with Gasteiger partial charge in [0.25, 0.3) is 15.9 Å². The number of sulfonamides is 1. The van der Waals surface area contributed by atoms with Crippen LogP contribution in [0.15, 0.2) is 52.3 Å². The van der Waals surface area contributed by atoms with E-state index in [2.05, 4.69) is 15.4 Å². The highest BCUT2D eigenvalue weighted by Crippen LogP contribution is 2.30. The number of rotatable bonds is 8. The van der Waals surface area contributed by atoms with Crippen molar-refractivity contribution < 1.29 is 18.0 Å². The van der Waals surface area contributed by atoms with Gasteiger partial charge in [-0.1, -0.05) is 45.2 Å². The molecule has 3 rings (SSSR count). The quantitative estimate of drug-likeness (QED) is 0.459. The van der Waals surface area contributed by atoms with Crippen LogP contribution in [0.5, 0.6) is 0 Å². The molecule has 1 aliphatic carbocycles. The van der Waals surface area contributed by atoms with Crippen LogP contribution in [-0.4, -0.2) is 32.5 Å². The van der Waals surface area contributed by atoms with Gasteiger partial charge in [-0.3, -0.25) is 14.3 Å². The third-order valence-corrected chi connectivity index (χ3v) is 7.78. The molecule has 0 heterocycles. The monoisotopic (exact) mass is 489 g/mol. The van der Waals surface area contributed by atoms with Crippen molar-refractivity contribution in [1.29, 1.82) is 0 Å². The molecular formula is C24H31N3O4S2. The Morgan fingerprint density at radius 3 is 2.36 bits per heavy atom. The topological polar surface area (TPSA) is 104 Å². The molecule has 178 valence electrons. The molecule has 1 aliphatic rings. The van der Waals surface area contributed by atoms with Gasteiger partial charge in [0.2, 0.25) is 5.91 Å². The van der Waals surface area contributed by atoms with E-state index in [9.17, 15) is 18.0 Å². The fourth-order valence-corrected chi connectivity index (χ4v) is 5.35. The van der Waals surface area contributed by atoms with E-state index in [1.54, 1.807) is 44.2 Å². The Labute approximate surface area is 200 Å². The van der Waals surface area contributed by atoms with Gasteiger partial charge in [-0.2, -0.15) is 0 Å². The highest BCUT2D eigenvalue weighted by molar-refractivity contribution is 7.98. The summed E-state index contributed by atoms with van der Waals surface area (Å²) in [5.41, 5.74) is 0.931. The molecule has 33 heavy (non-hydrogen) atoms. The van der Waals surface area contributed by atoms with Gasteiger partial charge in [0.15, 0.2) is 0 Å². The second kappa shape index (κ2) is 11.1. The molecular weight excluding hydrogens is 458 g/mol. The number of thioether (sulfide) groups is 1. The number of carbonyl (C=O) groups excluding carboxylic acids is 2. The van der Waals surface area contributed by atoms with Crippen LogP contribution in [0.2, 0.25) is 0 Å². The molecule has 2 aromatic rings. The first-order valence-electron chi connectivity index (χ1n) is 11.1. The zero-order chi connectivity index (χ0) is 24.0. The van der Waals surface area contributed by atoms with Crippen LogP contribution in [-0.2, 0) is 14.8 Å². The normalized spacial score (nSPS) is 14.7. The maximum atomic E-state index is 13.2. The Bertz CT molecular complexity index is 1110. The molecule has 0 atom stereocenters. The van der Waals surface area contributed by atoms with Gasteiger partial charge in [0, 0.05) is 16.9 Å². The molecule has 0 aromatic heterocycles. The first-order chi connectivity index (χ1) is 15.7. The van der Waals surface area contributed by atoms with Gasteiger partial charge in [-0.15, -0.1) is 11.8 Å². The number of hydrogen-bond donors (Lipinski definition) is 3. The first-order valence-corrected chi connectivity index (χ1v) is 13.8. The minimum absolute atomic E-state index is 0.00171. The highest BCUT2D eigenvalue weighted by atomic mass is 32.2. The summed E-state index contributed by atoms with van der Waals surface area (Å²) in [5, 5.41) is 5.83. The summed E-state index contributed by atoms with van der Waals surface area (Å²) < 4.78 is 28.9. The smallest absolute Gasteiger partial charge is 0.261 e. The molecule has 0 spiro atoms. The molecule has 9 heteroatoms. The number of hydrogen-bond acceptors (Lipinski definition) is 5. The Balaban J connectivity index is 1.85. The summed E-state index contributed by atoms with van der Waals surface area (Å²) in [7, 11) is -4.00. The average Bonchev–Trinajstić information content (AvgIpc) is 2.79. The lowest BCUT2D eigenvalue weighted by Gasteiger charge is -2.23. The molecule has 0 unspecified atom stereocenters. The number of nitrogens with one attached hydrogen (secondary N) is 3. The maximum absolute atomic E-state index is 13.2. The predicted molar refractivity (Wildman–Crippen MR) is 133 cm³/mol. The lowest BCUT2D eigenvalue weighted by molar-refractivity contribution is -0.118. The number of benzene rings is 2. The Hall–Kier alpha value is -2.52. The molecule has 1 fully saturated rings. The van der Waals surface area contributed by atoms with Crippen molar-refractivity contribution in [3.63, 3.8) is 0 Å². The number of anilines is 2. The van der Waals surface area contributed by atoms with Crippen molar-refractivity contribution in [2.75, 3.05) is 16.3 Å². The van der Waals surface area contributed by atoms with Gasteiger partial charge >= 0.3 is 0 Å². The van der Waals surface area contributed by atoms with Gasteiger partial charge in [-0.05, 0) is 49.4 Å². The van der Waals surface area contributed by atoms with Gasteiger partial charge < -0.3 is 10.6 Å². The number of para-hydroxylation sites is 1. The largest absolute Gasteiger partial charge is 0.349 e. The van der Waals surface area contributed by atoms with Crippen LogP contribution < -0.4 is 15.4 Å². The molecule has 0 aliphatic heterocycles. The van der Waals surface area contributed by atoms with Gasteiger partial charge in [0.05, 0.1) is 21.8 Å². The van der Waals surface area contributed by atoms with E-state index in [-0.39, 0.29) is 39.9 Å². The fraction of sp³-hybridized carbons (Fsp3) is 0.417. The predicted octanol–water partition coefficient (Wildman–Crippen LogP) is 4.87. The van der Waals surface area contributed by atoms with E-state index in [1.165, 1.54) is 30.3 Å². The summed E-state index contributed by atoms with van der Waals surface area (Å²) in [6.07, 6.45) is 7.08. The molecule has 2 amide bonds. The number of carbonyl (C=O) groups is 2. The molecule has 0 radical (unpaired) electrons. The summed E-state index contributed by atoms with van der Waals surface area (Å²) >= 11 is 1.41. The van der Waals surface area contributed by atoms with E-state index < -0.39 is 10.0 Å². The van der Waals surface area contributed by atoms with Crippen molar-refractivity contribution in [3.8, 4) is 0 Å². The van der Waals surface area contributed by atoms with Crippen molar-refractivity contribution >= 4 is 45.0 Å². The van der Waals surface area contributed by atoms with Crippen LogP contribution in [0.25, 0.3) is 0 Å². The lowest BCUT2D eigenvalue weighted by Crippen LogP contribution is -2.36. The van der Waals surface area contributed by atoms with E-state index >= 15 is 0 Å². The standard InChI is InChI=1S/C24H31N3O4S2/c1-16(2)23(28)26-21-15-18(13-14-22(21)32-3)33(30,31)27-20-12-8-7-11-19(20)24(29)25-17-9-5-4-6-10-17/h7-8,11-17,27H,4-6,9-10H2,1-3H3,(H,25,29)(H,26,28). The SMILES string of the molecule is CSc1ccc(S(=O)(=O)Nc2ccccc2C(=O)NC2CCCCC2)cc1NC(=O)C(C)C. The van der Waals surface area contributed by atoms with Crippen molar-refractivity contribution in [2.45, 2.75) is 61.8 Å². The van der Waals surface area contributed by atoms with Crippen molar-refractivity contribution in [2.24, 2.45) is 5.92 Å². The van der Waals surface area contributed by atoms with E-state index in [0.717, 1.165) is 30.6 Å². The Kier molecular flexibility index (Phi) is 8.42. The van der Waals surface area contributed by atoms with Crippen LogP contribution in [0.1, 0.15) is 56.3 Å². The van der Waals surface area contributed by atoms with Gasteiger partial charge in [0.1, 0.15) is 0 Å². The zero-order valence-corrected chi connectivity index (χ0v) is 20.8. The molecule has 3 N–H and O–H groups in total. The van der Waals surface area contributed by atoms with Crippen LogP contribution in [0, 0.1) is 5.92 Å². The molecule has 7 nitrogen and oxygen atoms in total. The highest BCUT2D eigenvalue weighted by Gasteiger charge is 2.22. The fourth-order valence-electron chi connectivity index (χ4n) is 3.71. The third-order valence-electron chi connectivity index (χ3n) is 5.62. The Morgan fingerprint density at radius 2 is 1.70 bits per heavy atom. The van der Waals surface area contributed by atoms with Crippen molar-refractivity contribution in [1.82, 2.24) is 5.32 Å². The summed E-state index contributed by atoms with van der Waals surface area (Å²) in [5.74, 6) is -0.729. The van der Waals surface area contributed by atoms with E-state index in [4.69, 9.17) is 0 Å². The second-order valence-electron chi connectivity index (χ2n) is 8.47. The molecule has 1 saturated carbocycles. The third kappa shape index (κ3) is 6.51. The summed E-state index contributed by atoms with van der Waals surface area (Å²) in [6, 6.07) is 11.3. The van der Waals surface area contributed by atoms with Crippen molar-refractivity contribution in [3.05, 3.63) is 48.0 Å². The first kappa shape index (κ1) is 25.1. The molecule has 0 saturated heterocycles. The minimum atomic E-state index is -4.00.